The first-order valence-corrected chi connectivity index (χ1v) is 12.8. The normalized spacial score (nSPS) is 15.7. The number of ether oxygens (including phenoxy) is 1. The van der Waals surface area contributed by atoms with Gasteiger partial charge >= 0.3 is 6.18 Å². The summed E-state index contributed by atoms with van der Waals surface area (Å²) in [7, 11) is 1.55. The summed E-state index contributed by atoms with van der Waals surface area (Å²) in [6.45, 7) is 3.74. The van der Waals surface area contributed by atoms with E-state index in [1.807, 2.05) is 64.8 Å². The molecule has 0 unspecified atom stereocenters. The van der Waals surface area contributed by atoms with Crippen molar-refractivity contribution >= 4 is 0 Å². The Hall–Kier alpha value is -4.51. The molecule has 8 nitrogen and oxygen atoms in total. The van der Waals surface area contributed by atoms with Crippen LogP contribution in [0.5, 0.6) is 5.88 Å². The number of aromatic nitrogens is 6. The van der Waals surface area contributed by atoms with E-state index < -0.39 is 17.8 Å². The number of fused-ring (bicyclic) bond motifs is 1. The minimum atomic E-state index is -4.41. The SMILES string of the molecule is COc1nc(-c2nc3n(n2)CCN(Cc2ccccc2)[C@@H]3c2ccc(C(F)(F)F)cc2)ccc1-n1cnc(C)c1. The Kier molecular flexibility index (Phi) is 6.59. The maximum atomic E-state index is 13.3. The van der Waals surface area contributed by atoms with E-state index in [1.165, 1.54) is 12.1 Å². The van der Waals surface area contributed by atoms with Gasteiger partial charge in [-0.1, -0.05) is 42.5 Å². The van der Waals surface area contributed by atoms with Gasteiger partial charge in [-0.2, -0.15) is 13.2 Å². The molecule has 5 aromatic rings. The number of hydrogen-bond acceptors (Lipinski definition) is 6. The average molecular weight is 546 g/mol. The van der Waals surface area contributed by atoms with Gasteiger partial charge in [-0.05, 0) is 42.3 Å². The van der Waals surface area contributed by atoms with Gasteiger partial charge < -0.3 is 9.30 Å². The highest BCUT2D eigenvalue weighted by atomic mass is 19.4. The van der Waals surface area contributed by atoms with Crippen molar-refractivity contribution in [2.45, 2.75) is 32.2 Å². The van der Waals surface area contributed by atoms with Gasteiger partial charge in [0.1, 0.15) is 17.2 Å². The fourth-order valence-electron chi connectivity index (χ4n) is 5.00. The molecule has 4 heterocycles. The number of pyridine rings is 1. The van der Waals surface area contributed by atoms with Crippen molar-refractivity contribution in [1.29, 1.82) is 0 Å². The maximum Gasteiger partial charge on any atom is 0.416 e. The van der Waals surface area contributed by atoms with Crippen LogP contribution >= 0.6 is 0 Å². The summed E-state index contributed by atoms with van der Waals surface area (Å²) >= 11 is 0. The average Bonchev–Trinajstić information content (AvgIpc) is 3.59. The van der Waals surface area contributed by atoms with Crippen molar-refractivity contribution in [2.24, 2.45) is 0 Å². The lowest BCUT2D eigenvalue weighted by atomic mass is 10.00. The third-order valence-corrected chi connectivity index (χ3v) is 6.94. The Morgan fingerprint density at radius 1 is 0.950 bits per heavy atom. The van der Waals surface area contributed by atoms with Crippen molar-refractivity contribution in [2.75, 3.05) is 13.7 Å². The molecule has 40 heavy (non-hydrogen) atoms. The maximum absolute atomic E-state index is 13.3. The molecule has 1 aliphatic heterocycles. The molecule has 2 aromatic carbocycles. The molecule has 0 saturated carbocycles. The van der Waals surface area contributed by atoms with Gasteiger partial charge in [0, 0.05) is 19.3 Å². The summed E-state index contributed by atoms with van der Waals surface area (Å²) in [6, 6.07) is 18.6. The number of rotatable bonds is 6. The van der Waals surface area contributed by atoms with Crippen LogP contribution in [0.25, 0.3) is 17.2 Å². The fraction of sp³-hybridized carbons (Fsp3) is 0.241. The standard InChI is InChI=1S/C29H26F3N7O/c1-19-16-38(18-33-19)24-13-12-23(34-28(24)40-2)26-35-27-25(21-8-10-22(11-9-21)29(30,31)32)37(14-15-39(27)36-26)17-20-6-4-3-5-7-20/h3-13,16,18,25H,14-15,17H2,1-2H3/t25-/m1/s1. The van der Waals surface area contributed by atoms with Crippen LogP contribution in [0.4, 0.5) is 13.2 Å². The lowest BCUT2D eigenvalue weighted by Crippen LogP contribution is -2.39. The van der Waals surface area contributed by atoms with E-state index >= 15 is 0 Å². The van der Waals surface area contributed by atoms with E-state index in [1.54, 1.807) is 13.4 Å². The van der Waals surface area contributed by atoms with E-state index in [-0.39, 0.29) is 0 Å². The minimum Gasteiger partial charge on any atom is -0.479 e. The number of benzene rings is 2. The lowest BCUT2D eigenvalue weighted by Gasteiger charge is -2.35. The quantitative estimate of drug-likeness (QED) is 0.282. The molecule has 0 N–H and O–H groups in total. The number of alkyl halides is 3. The van der Waals surface area contributed by atoms with E-state index in [2.05, 4.69) is 14.9 Å². The van der Waals surface area contributed by atoms with Gasteiger partial charge in [0.15, 0.2) is 5.82 Å². The molecule has 0 aliphatic carbocycles. The zero-order valence-corrected chi connectivity index (χ0v) is 21.9. The molecule has 11 heteroatoms. The number of imidazole rings is 1. The number of aryl methyl sites for hydroxylation is 1. The molecule has 0 spiro atoms. The first-order valence-electron chi connectivity index (χ1n) is 12.8. The van der Waals surface area contributed by atoms with Crippen LogP contribution in [-0.2, 0) is 19.3 Å². The Bertz CT molecular complexity index is 1630. The number of methoxy groups -OCH3 is 1. The summed E-state index contributed by atoms with van der Waals surface area (Å²) in [5.41, 5.74) is 3.24. The molecule has 1 aliphatic rings. The van der Waals surface area contributed by atoms with Crippen LogP contribution in [0.1, 0.15) is 34.3 Å². The second-order valence-electron chi connectivity index (χ2n) is 9.64. The van der Waals surface area contributed by atoms with Crippen LogP contribution in [0, 0.1) is 6.92 Å². The molecule has 0 radical (unpaired) electrons. The number of halogens is 3. The van der Waals surface area contributed by atoms with Crippen molar-refractivity contribution in [3.8, 4) is 23.1 Å². The number of nitrogens with zero attached hydrogens (tertiary/aromatic N) is 7. The third-order valence-electron chi connectivity index (χ3n) is 6.94. The largest absolute Gasteiger partial charge is 0.479 e. The van der Waals surface area contributed by atoms with Gasteiger partial charge in [-0.25, -0.2) is 19.6 Å². The Morgan fingerprint density at radius 3 is 2.40 bits per heavy atom. The molecular weight excluding hydrogens is 519 g/mol. The molecule has 6 rings (SSSR count). The predicted molar refractivity (Wildman–Crippen MR) is 142 cm³/mol. The smallest absolute Gasteiger partial charge is 0.416 e. The monoisotopic (exact) mass is 545 g/mol. The highest BCUT2D eigenvalue weighted by Crippen LogP contribution is 2.36. The lowest BCUT2D eigenvalue weighted by molar-refractivity contribution is -0.137. The van der Waals surface area contributed by atoms with E-state index in [0.717, 1.165) is 29.1 Å². The zero-order chi connectivity index (χ0) is 27.9. The van der Waals surface area contributed by atoms with Crippen LogP contribution < -0.4 is 4.74 Å². The molecular formula is C29H26F3N7O. The van der Waals surface area contributed by atoms with Gasteiger partial charge in [-0.15, -0.1) is 5.10 Å². The first-order chi connectivity index (χ1) is 19.3. The molecule has 3 aromatic heterocycles. The second kappa shape index (κ2) is 10.2. The van der Waals surface area contributed by atoms with E-state index in [4.69, 9.17) is 14.8 Å². The summed E-state index contributed by atoms with van der Waals surface area (Å²) in [4.78, 5) is 16.0. The summed E-state index contributed by atoms with van der Waals surface area (Å²) < 4.78 is 49.1. The minimum absolute atomic E-state index is 0.396. The Morgan fingerprint density at radius 2 is 1.73 bits per heavy atom. The van der Waals surface area contributed by atoms with Gasteiger partial charge in [0.05, 0.1) is 37.3 Å². The zero-order valence-electron chi connectivity index (χ0n) is 21.9. The molecule has 0 fully saturated rings. The third kappa shape index (κ3) is 4.95. The van der Waals surface area contributed by atoms with Gasteiger partial charge in [-0.3, -0.25) is 4.90 Å². The Labute approximate surface area is 228 Å². The second-order valence-corrected chi connectivity index (χ2v) is 9.64. The fourth-order valence-corrected chi connectivity index (χ4v) is 5.00. The van der Waals surface area contributed by atoms with E-state index in [9.17, 15) is 13.2 Å². The summed E-state index contributed by atoms with van der Waals surface area (Å²) in [5.74, 6) is 1.46. The van der Waals surface area contributed by atoms with Crippen molar-refractivity contribution in [3.63, 3.8) is 0 Å². The molecule has 204 valence electrons. The first kappa shape index (κ1) is 25.8. The predicted octanol–water partition coefficient (Wildman–Crippen LogP) is 5.47. The van der Waals surface area contributed by atoms with E-state index in [0.29, 0.717) is 48.4 Å². The van der Waals surface area contributed by atoms with Crippen LogP contribution in [-0.4, -0.2) is 47.9 Å². The molecule has 0 amide bonds. The highest BCUT2D eigenvalue weighted by molar-refractivity contribution is 5.55. The van der Waals surface area contributed by atoms with Crippen molar-refractivity contribution in [1.82, 2.24) is 34.2 Å². The molecule has 0 bridgehead atoms. The summed E-state index contributed by atoms with van der Waals surface area (Å²) in [5, 5.41) is 4.74. The van der Waals surface area contributed by atoms with Gasteiger partial charge in [0.25, 0.3) is 0 Å². The van der Waals surface area contributed by atoms with Crippen LogP contribution in [0.2, 0.25) is 0 Å². The Balaban J connectivity index is 1.39. The molecule has 0 saturated heterocycles. The number of hydrogen-bond donors (Lipinski definition) is 0. The highest BCUT2D eigenvalue weighted by Gasteiger charge is 2.34. The van der Waals surface area contributed by atoms with Gasteiger partial charge in [0.2, 0.25) is 5.88 Å². The van der Waals surface area contributed by atoms with Crippen molar-refractivity contribution < 1.29 is 17.9 Å². The summed E-state index contributed by atoms with van der Waals surface area (Å²) in [6.07, 6.45) is -0.838. The topological polar surface area (TPSA) is 73.9 Å². The molecule has 1 atom stereocenters. The van der Waals surface area contributed by atoms with Crippen LogP contribution in [0.3, 0.4) is 0 Å². The van der Waals surface area contributed by atoms with Crippen molar-refractivity contribution in [3.05, 3.63) is 107 Å². The van der Waals surface area contributed by atoms with Crippen LogP contribution in [0.15, 0.2) is 79.3 Å².